The Morgan fingerprint density at radius 1 is 1.42 bits per heavy atom. The number of ether oxygens (including phenoxy) is 2. The first kappa shape index (κ1) is 12.3. The van der Waals surface area contributed by atoms with E-state index in [1.54, 1.807) is 19.2 Å². The SMILES string of the molecule is COc1cc(OCC2CN2C2CCC2)ccc1C#N. The summed E-state index contributed by atoms with van der Waals surface area (Å²) in [6.45, 7) is 1.89. The Hall–Kier alpha value is -1.73. The molecule has 4 heteroatoms. The van der Waals surface area contributed by atoms with Gasteiger partial charge in [0.2, 0.25) is 0 Å². The predicted molar refractivity (Wildman–Crippen MR) is 71.3 cm³/mol. The highest BCUT2D eigenvalue weighted by Crippen LogP contribution is 2.34. The van der Waals surface area contributed by atoms with Gasteiger partial charge in [-0.3, -0.25) is 4.90 Å². The van der Waals surface area contributed by atoms with E-state index >= 15 is 0 Å². The van der Waals surface area contributed by atoms with Crippen molar-refractivity contribution in [3.63, 3.8) is 0 Å². The zero-order chi connectivity index (χ0) is 13.2. The fourth-order valence-electron chi connectivity index (χ4n) is 2.56. The summed E-state index contributed by atoms with van der Waals surface area (Å²) in [6.07, 6.45) is 4.07. The van der Waals surface area contributed by atoms with Crippen LogP contribution in [0.5, 0.6) is 11.5 Å². The van der Waals surface area contributed by atoms with Crippen molar-refractivity contribution >= 4 is 0 Å². The van der Waals surface area contributed by atoms with Gasteiger partial charge in [-0.1, -0.05) is 6.42 Å². The van der Waals surface area contributed by atoms with E-state index in [0.717, 1.165) is 24.9 Å². The number of benzene rings is 1. The molecule has 4 nitrogen and oxygen atoms in total. The Kier molecular flexibility index (Phi) is 3.31. The quantitative estimate of drug-likeness (QED) is 0.759. The molecule has 100 valence electrons. The number of nitrogens with zero attached hydrogens (tertiary/aromatic N) is 2. The second-order valence-electron chi connectivity index (χ2n) is 5.22. The molecule has 3 rings (SSSR count). The summed E-state index contributed by atoms with van der Waals surface area (Å²) in [6, 6.07) is 8.84. The van der Waals surface area contributed by atoms with Crippen LogP contribution >= 0.6 is 0 Å². The zero-order valence-electron chi connectivity index (χ0n) is 11.1. The number of hydrogen-bond donors (Lipinski definition) is 0. The lowest BCUT2D eigenvalue weighted by molar-refractivity contribution is 0.215. The third-order valence-electron chi connectivity index (χ3n) is 4.04. The van der Waals surface area contributed by atoms with Crippen LogP contribution < -0.4 is 9.47 Å². The molecule has 0 spiro atoms. The summed E-state index contributed by atoms with van der Waals surface area (Å²) in [7, 11) is 1.57. The maximum Gasteiger partial charge on any atom is 0.140 e. The van der Waals surface area contributed by atoms with E-state index < -0.39 is 0 Å². The highest BCUT2D eigenvalue weighted by molar-refractivity contribution is 5.47. The minimum atomic E-state index is 0.539. The van der Waals surface area contributed by atoms with Crippen molar-refractivity contribution in [2.45, 2.75) is 31.3 Å². The highest BCUT2D eigenvalue weighted by Gasteiger charge is 2.42. The average molecular weight is 258 g/mol. The van der Waals surface area contributed by atoms with Gasteiger partial charge >= 0.3 is 0 Å². The van der Waals surface area contributed by atoms with Crippen LogP contribution in [0, 0.1) is 11.3 Å². The summed E-state index contributed by atoms with van der Waals surface area (Å²) < 4.78 is 11.0. The molecule has 1 aromatic rings. The molecule has 1 aromatic carbocycles. The largest absolute Gasteiger partial charge is 0.495 e. The van der Waals surface area contributed by atoms with Gasteiger partial charge in [-0.15, -0.1) is 0 Å². The van der Waals surface area contributed by atoms with E-state index in [-0.39, 0.29) is 0 Å². The van der Waals surface area contributed by atoms with Crippen molar-refractivity contribution in [1.29, 1.82) is 5.26 Å². The van der Waals surface area contributed by atoms with Crippen LogP contribution in [0.25, 0.3) is 0 Å². The second kappa shape index (κ2) is 5.10. The van der Waals surface area contributed by atoms with Gasteiger partial charge in [0.15, 0.2) is 0 Å². The fourth-order valence-corrected chi connectivity index (χ4v) is 2.56. The molecule has 2 aliphatic rings. The molecule has 2 atom stereocenters. The second-order valence-corrected chi connectivity index (χ2v) is 5.22. The van der Waals surface area contributed by atoms with Gasteiger partial charge < -0.3 is 9.47 Å². The molecule has 1 aliphatic heterocycles. The van der Waals surface area contributed by atoms with E-state index in [9.17, 15) is 0 Å². The van der Waals surface area contributed by atoms with Crippen LogP contribution in [0.4, 0.5) is 0 Å². The van der Waals surface area contributed by atoms with E-state index in [1.165, 1.54) is 19.3 Å². The van der Waals surface area contributed by atoms with Crippen LogP contribution in [0.15, 0.2) is 18.2 Å². The molecular weight excluding hydrogens is 240 g/mol. The molecule has 0 N–H and O–H groups in total. The fraction of sp³-hybridized carbons (Fsp3) is 0.533. The molecule has 2 fully saturated rings. The predicted octanol–water partition coefficient (Wildman–Crippen LogP) is 2.18. The maximum absolute atomic E-state index is 8.92. The summed E-state index contributed by atoms with van der Waals surface area (Å²) in [4.78, 5) is 2.52. The lowest BCUT2D eigenvalue weighted by atomic mass is 9.93. The van der Waals surface area contributed by atoms with Gasteiger partial charge in [0.05, 0.1) is 18.7 Å². The van der Waals surface area contributed by atoms with Crippen LogP contribution in [-0.4, -0.2) is 37.2 Å². The summed E-state index contributed by atoms with van der Waals surface area (Å²) in [5.41, 5.74) is 0.539. The topological polar surface area (TPSA) is 45.3 Å². The van der Waals surface area contributed by atoms with Gasteiger partial charge in [-0.25, -0.2) is 0 Å². The monoisotopic (exact) mass is 258 g/mol. The minimum Gasteiger partial charge on any atom is -0.495 e. The van der Waals surface area contributed by atoms with Crippen LogP contribution in [0.3, 0.4) is 0 Å². The Balaban J connectivity index is 1.54. The van der Waals surface area contributed by atoms with Crippen LogP contribution in [0.2, 0.25) is 0 Å². The molecule has 1 saturated heterocycles. The van der Waals surface area contributed by atoms with Gasteiger partial charge in [-0.2, -0.15) is 5.26 Å². The Morgan fingerprint density at radius 2 is 2.26 bits per heavy atom. The van der Waals surface area contributed by atoms with Crippen molar-refractivity contribution in [2.24, 2.45) is 0 Å². The van der Waals surface area contributed by atoms with Gasteiger partial charge in [0.25, 0.3) is 0 Å². The number of methoxy groups -OCH3 is 1. The molecule has 1 saturated carbocycles. The maximum atomic E-state index is 8.92. The molecule has 2 unspecified atom stereocenters. The zero-order valence-corrected chi connectivity index (χ0v) is 11.1. The molecule has 0 aromatic heterocycles. The van der Waals surface area contributed by atoms with Crippen LogP contribution in [0.1, 0.15) is 24.8 Å². The normalized spacial score (nSPS) is 25.3. The van der Waals surface area contributed by atoms with E-state index in [1.807, 2.05) is 6.07 Å². The third-order valence-corrected chi connectivity index (χ3v) is 4.04. The van der Waals surface area contributed by atoms with Crippen molar-refractivity contribution in [3.05, 3.63) is 23.8 Å². The molecule has 1 heterocycles. The lowest BCUT2D eigenvalue weighted by Gasteiger charge is -2.27. The van der Waals surface area contributed by atoms with Gasteiger partial charge in [0, 0.05) is 18.7 Å². The van der Waals surface area contributed by atoms with Crippen molar-refractivity contribution in [2.75, 3.05) is 20.3 Å². The first-order valence-corrected chi connectivity index (χ1v) is 6.78. The Morgan fingerprint density at radius 3 is 2.89 bits per heavy atom. The molecule has 0 amide bonds. The highest BCUT2D eigenvalue weighted by atomic mass is 16.5. The van der Waals surface area contributed by atoms with Crippen LogP contribution in [-0.2, 0) is 0 Å². The Bertz CT molecular complexity index is 505. The molecular formula is C15H18N2O2. The standard InChI is InChI=1S/C15H18N2O2/c1-18-15-7-14(6-5-11(15)8-16)19-10-13-9-17(13)12-3-2-4-12/h5-7,12-13H,2-4,9-10H2,1H3. The van der Waals surface area contributed by atoms with E-state index in [4.69, 9.17) is 14.7 Å². The van der Waals surface area contributed by atoms with E-state index in [2.05, 4.69) is 11.0 Å². The lowest BCUT2D eigenvalue weighted by Crippen LogP contribution is -2.29. The van der Waals surface area contributed by atoms with Crippen molar-refractivity contribution in [1.82, 2.24) is 4.90 Å². The smallest absolute Gasteiger partial charge is 0.140 e. The third kappa shape index (κ3) is 2.52. The molecule has 0 bridgehead atoms. The number of hydrogen-bond acceptors (Lipinski definition) is 4. The summed E-state index contributed by atoms with van der Waals surface area (Å²) in [5.74, 6) is 1.35. The number of rotatable bonds is 5. The van der Waals surface area contributed by atoms with E-state index in [0.29, 0.717) is 17.4 Å². The minimum absolute atomic E-state index is 0.539. The first-order chi connectivity index (χ1) is 9.31. The average Bonchev–Trinajstić information content (AvgIpc) is 3.13. The number of nitriles is 1. The molecule has 1 aliphatic carbocycles. The molecule has 0 radical (unpaired) electrons. The molecule has 19 heavy (non-hydrogen) atoms. The summed E-state index contributed by atoms with van der Waals surface area (Å²) in [5, 5.41) is 8.92. The van der Waals surface area contributed by atoms with Gasteiger partial charge in [-0.05, 0) is 25.0 Å². The first-order valence-electron chi connectivity index (χ1n) is 6.78. The van der Waals surface area contributed by atoms with Crippen molar-refractivity contribution in [3.8, 4) is 17.6 Å². The Labute approximate surface area is 113 Å². The van der Waals surface area contributed by atoms with Gasteiger partial charge in [0.1, 0.15) is 24.2 Å². The van der Waals surface area contributed by atoms with Crippen molar-refractivity contribution < 1.29 is 9.47 Å². The summed E-state index contributed by atoms with van der Waals surface area (Å²) >= 11 is 0.